The van der Waals surface area contributed by atoms with Crippen LogP contribution in [-0.2, 0) is 4.79 Å². The van der Waals surface area contributed by atoms with Gasteiger partial charge < -0.3 is 14.4 Å². The van der Waals surface area contributed by atoms with Crippen LogP contribution in [-0.4, -0.2) is 37.5 Å². The first kappa shape index (κ1) is 17.3. The highest BCUT2D eigenvalue weighted by Gasteiger charge is 2.28. The van der Waals surface area contributed by atoms with Crippen LogP contribution in [0.5, 0.6) is 5.75 Å². The van der Waals surface area contributed by atoms with Crippen LogP contribution in [0, 0.1) is 5.92 Å². The first-order valence-electron chi connectivity index (χ1n) is 9.11. The molecule has 1 aliphatic carbocycles. The second-order valence-electron chi connectivity index (χ2n) is 6.84. The molecule has 1 saturated carbocycles. The second-order valence-corrected chi connectivity index (χ2v) is 6.84. The fourth-order valence-corrected chi connectivity index (χ4v) is 3.85. The van der Waals surface area contributed by atoms with Gasteiger partial charge in [-0.2, -0.15) is 5.10 Å². The lowest BCUT2D eigenvalue weighted by Gasteiger charge is -2.28. The van der Waals surface area contributed by atoms with Crippen LogP contribution in [0.2, 0.25) is 0 Å². The summed E-state index contributed by atoms with van der Waals surface area (Å²) in [5, 5.41) is 13.6. The Balaban J connectivity index is 1.71. The Kier molecular flexibility index (Phi) is 4.66. The zero-order valence-electron chi connectivity index (χ0n) is 15.2. The molecule has 27 heavy (non-hydrogen) atoms. The molecular weight excluding hydrogens is 344 g/mol. The summed E-state index contributed by atoms with van der Waals surface area (Å²) in [6.07, 6.45) is 10.5. The number of aromatic nitrogens is 4. The van der Waals surface area contributed by atoms with E-state index in [1.54, 1.807) is 19.5 Å². The molecule has 0 spiro atoms. The Morgan fingerprint density at radius 2 is 2.00 bits per heavy atom. The molecule has 0 amide bonds. The molecule has 1 aliphatic rings. The summed E-state index contributed by atoms with van der Waals surface area (Å²) in [6, 6.07) is 7.98. The maximum Gasteiger partial charge on any atom is 0.306 e. The number of benzene rings is 1. The molecule has 0 atom stereocenters. The topological polar surface area (TPSA) is 82.2 Å². The Labute approximate surface area is 157 Å². The molecule has 2 aromatic heterocycles. The van der Waals surface area contributed by atoms with E-state index in [1.807, 2.05) is 41.3 Å². The average Bonchev–Trinajstić information content (AvgIpc) is 3.39. The largest absolute Gasteiger partial charge is 0.497 e. The van der Waals surface area contributed by atoms with E-state index in [9.17, 15) is 9.90 Å². The van der Waals surface area contributed by atoms with E-state index >= 15 is 0 Å². The standard InChI is InChI=1S/C20H22N4O3/c1-27-16-7-8-18(24-11-2-9-22-24)17(13-16)19-21-10-12-23(19)15-5-3-14(4-6-15)20(25)26/h2,7-15H,3-6H2,1H3,(H,25,26). The van der Waals surface area contributed by atoms with Gasteiger partial charge in [0.2, 0.25) is 0 Å². The molecule has 140 valence electrons. The number of hydrogen-bond acceptors (Lipinski definition) is 4. The van der Waals surface area contributed by atoms with Gasteiger partial charge in [0.1, 0.15) is 11.6 Å². The molecule has 0 saturated heterocycles. The molecule has 0 bridgehead atoms. The summed E-state index contributed by atoms with van der Waals surface area (Å²) in [6.45, 7) is 0. The van der Waals surface area contributed by atoms with Crippen LogP contribution in [0.25, 0.3) is 17.1 Å². The van der Waals surface area contributed by atoms with Crippen LogP contribution in [0.1, 0.15) is 31.7 Å². The van der Waals surface area contributed by atoms with Crippen molar-refractivity contribution in [2.75, 3.05) is 7.11 Å². The highest BCUT2D eigenvalue weighted by atomic mass is 16.5. The van der Waals surface area contributed by atoms with Gasteiger partial charge in [0.15, 0.2) is 0 Å². The maximum atomic E-state index is 11.2. The minimum atomic E-state index is -0.687. The van der Waals surface area contributed by atoms with Crippen LogP contribution in [0.4, 0.5) is 0 Å². The lowest BCUT2D eigenvalue weighted by molar-refractivity contribution is -0.143. The fourth-order valence-electron chi connectivity index (χ4n) is 3.85. The van der Waals surface area contributed by atoms with Crippen molar-refractivity contribution in [3.05, 3.63) is 49.1 Å². The molecular formula is C20H22N4O3. The number of methoxy groups -OCH3 is 1. The van der Waals surface area contributed by atoms with E-state index in [-0.39, 0.29) is 12.0 Å². The first-order chi connectivity index (χ1) is 13.2. The van der Waals surface area contributed by atoms with Crippen molar-refractivity contribution < 1.29 is 14.6 Å². The van der Waals surface area contributed by atoms with Crippen molar-refractivity contribution in [1.82, 2.24) is 19.3 Å². The molecule has 0 unspecified atom stereocenters. The molecule has 1 fully saturated rings. The van der Waals surface area contributed by atoms with Gasteiger partial charge in [0.25, 0.3) is 0 Å². The lowest BCUT2D eigenvalue weighted by Crippen LogP contribution is -2.23. The van der Waals surface area contributed by atoms with Crippen molar-refractivity contribution in [1.29, 1.82) is 0 Å². The number of hydrogen-bond donors (Lipinski definition) is 1. The maximum absolute atomic E-state index is 11.2. The van der Waals surface area contributed by atoms with Crippen molar-refractivity contribution in [2.24, 2.45) is 5.92 Å². The minimum absolute atomic E-state index is 0.232. The summed E-state index contributed by atoms with van der Waals surface area (Å²) in [4.78, 5) is 15.9. The smallest absolute Gasteiger partial charge is 0.306 e. The minimum Gasteiger partial charge on any atom is -0.497 e. The summed E-state index contributed by atoms with van der Waals surface area (Å²) in [5.41, 5.74) is 1.86. The summed E-state index contributed by atoms with van der Waals surface area (Å²) >= 11 is 0. The number of rotatable bonds is 5. The molecule has 1 N–H and O–H groups in total. The number of aliphatic carboxylic acids is 1. The van der Waals surface area contributed by atoms with E-state index in [0.717, 1.165) is 35.7 Å². The predicted molar refractivity (Wildman–Crippen MR) is 100.0 cm³/mol. The average molecular weight is 366 g/mol. The lowest BCUT2D eigenvalue weighted by atomic mass is 9.86. The molecule has 0 radical (unpaired) electrons. The van der Waals surface area contributed by atoms with Crippen molar-refractivity contribution in [3.63, 3.8) is 0 Å². The van der Waals surface area contributed by atoms with Crippen molar-refractivity contribution >= 4 is 5.97 Å². The van der Waals surface area contributed by atoms with Gasteiger partial charge in [-0.05, 0) is 49.9 Å². The van der Waals surface area contributed by atoms with Crippen LogP contribution in [0.15, 0.2) is 49.1 Å². The van der Waals surface area contributed by atoms with Gasteiger partial charge >= 0.3 is 5.97 Å². The first-order valence-corrected chi connectivity index (χ1v) is 9.11. The van der Waals surface area contributed by atoms with E-state index in [0.29, 0.717) is 12.8 Å². The summed E-state index contributed by atoms with van der Waals surface area (Å²) in [7, 11) is 1.65. The molecule has 7 nitrogen and oxygen atoms in total. The third-order valence-electron chi connectivity index (χ3n) is 5.30. The number of carbonyl (C=O) groups is 1. The van der Waals surface area contributed by atoms with E-state index < -0.39 is 5.97 Å². The van der Waals surface area contributed by atoms with Gasteiger partial charge in [-0.15, -0.1) is 0 Å². The van der Waals surface area contributed by atoms with Gasteiger partial charge in [0, 0.05) is 36.4 Å². The summed E-state index contributed by atoms with van der Waals surface area (Å²) < 4.78 is 9.40. The van der Waals surface area contributed by atoms with Crippen LogP contribution in [0.3, 0.4) is 0 Å². The van der Waals surface area contributed by atoms with E-state index in [4.69, 9.17) is 4.74 Å². The number of nitrogens with zero attached hydrogens (tertiary/aromatic N) is 4. The Bertz CT molecular complexity index is 925. The highest BCUT2D eigenvalue weighted by Crippen LogP contribution is 2.37. The van der Waals surface area contributed by atoms with E-state index in [2.05, 4.69) is 14.6 Å². The third kappa shape index (κ3) is 3.32. The normalized spacial score (nSPS) is 19.7. The fraction of sp³-hybridized carbons (Fsp3) is 0.350. The zero-order valence-corrected chi connectivity index (χ0v) is 15.2. The number of imidazole rings is 1. The number of carboxylic acid groups (broad SMARTS) is 1. The highest BCUT2D eigenvalue weighted by molar-refractivity contribution is 5.71. The Morgan fingerprint density at radius 3 is 2.67 bits per heavy atom. The monoisotopic (exact) mass is 366 g/mol. The van der Waals surface area contributed by atoms with Crippen LogP contribution >= 0.6 is 0 Å². The van der Waals surface area contributed by atoms with Crippen molar-refractivity contribution in [2.45, 2.75) is 31.7 Å². The number of carboxylic acids is 1. The molecule has 3 aromatic rings. The van der Waals surface area contributed by atoms with Crippen LogP contribution < -0.4 is 4.74 Å². The SMILES string of the molecule is COc1ccc(-n2cccn2)c(-c2nccn2C2CCC(C(=O)O)CC2)c1. The predicted octanol–water partition coefficient (Wildman–Crippen LogP) is 3.56. The van der Waals surface area contributed by atoms with Gasteiger partial charge in [-0.3, -0.25) is 4.79 Å². The quantitative estimate of drug-likeness (QED) is 0.747. The molecule has 7 heteroatoms. The van der Waals surface area contributed by atoms with E-state index in [1.165, 1.54) is 0 Å². The molecule has 1 aromatic carbocycles. The van der Waals surface area contributed by atoms with Gasteiger partial charge in [-0.1, -0.05) is 0 Å². The molecule has 0 aliphatic heterocycles. The molecule has 4 rings (SSSR count). The zero-order chi connectivity index (χ0) is 18.8. The third-order valence-corrected chi connectivity index (χ3v) is 5.30. The van der Waals surface area contributed by atoms with Crippen molar-refractivity contribution in [3.8, 4) is 22.8 Å². The number of ether oxygens (including phenoxy) is 1. The Morgan fingerprint density at radius 1 is 1.19 bits per heavy atom. The Hall–Kier alpha value is -3.09. The molecule has 2 heterocycles. The van der Waals surface area contributed by atoms with Gasteiger partial charge in [-0.25, -0.2) is 9.67 Å². The second kappa shape index (κ2) is 7.26. The summed E-state index contributed by atoms with van der Waals surface area (Å²) in [5.74, 6) is 0.681. The van der Waals surface area contributed by atoms with Gasteiger partial charge in [0.05, 0.1) is 18.7 Å².